The molecule has 4 atom stereocenters. The van der Waals surface area contributed by atoms with Gasteiger partial charge in [-0.2, -0.15) is 0 Å². The predicted octanol–water partition coefficient (Wildman–Crippen LogP) is 4.62. The number of carbonyl (C=O) groups is 3. The third kappa shape index (κ3) is 2.93. The maximum atomic E-state index is 13.8. The summed E-state index contributed by atoms with van der Waals surface area (Å²) in [6.45, 7) is 0. The summed E-state index contributed by atoms with van der Waals surface area (Å²) in [5.74, 6) is -2.00. The van der Waals surface area contributed by atoms with E-state index in [9.17, 15) is 14.4 Å². The molecule has 0 radical (unpaired) electrons. The van der Waals surface area contributed by atoms with Crippen molar-refractivity contribution in [1.29, 1.82) is 0 Å². The number of amides is 2. The summed E-state index contributed by atoms with van der Waals surface area (Å²) in [6.07, 6.45) is 7.83. The Labute approximate surface area is 200 Å². The van der Waals surface area contributed by atoms with Crippen LogP contribution in [0.4, 0.5) is 5.69 Å². The lowest BCUT2D eigenvalue weighted by molar-refractivity contribution is -0.123. The molecule has 4 aliphatic rings. The minimum absolute atomic E-state index is 0.128. The van der Waals surface area contributed by atoms with Gasteiger partial charge in [-0.1, -0.05) is 70.5 Å². The number of nitrogens with zero attached hydrogens (tertiary/aromatic N) is 2. The zero-order valence-electron chi connectivity index (χ0n) is 17.7. The molecule has 0 bridgehead atoms. The molecule has 0 N–H and O–H groups in total. The fraction of sp³-hybridized carbons (Fsp3) is 0.222. The summed E-state index contributed by atoms with van der Waals surface area (Å²) in [6, 6.07) is 17.0. The van der Waals surface area contributed by atoms with E-state index in [1.165, 1.54) is 4.90 Å². The Bertz CT molecular complexity index is 1260. The number of Topliss-reactive ketones (excluding diaryl/α,β-unsaturated/α-hetero) is 1. The van der Waals surface area contributed by atoms with Gasteiger partial charge in [0.15, 0.2) is 5.78 Å². The molecule has 2 aromatic carbocycles. The number of rotatable bonds is 3. The fourth-order valence-corrected chi connectivity index (χ4v) is 6.34. The van der Waals surface area contributed by atoms with Crippen molar-refractivity contribution in [2.75, 3.05) is 4.90 Å². The van der Waals surface area contributed by atoms with Crippen molar-refractivity contribution in [3.63, 3.8) is 0 Å². The summed E-state index contributed by atoms with van der Waals surface area (Å²) in [4.78, 5) is 44.6. The van der Waals surface area contributed by atoms with Gasteiger partial charge in [0.05, 0.1) is 23.6 Å². The number of para-hydroxylation sites is 1. The van der Waals surface area contributed by atoms with E-state index >= 15 is 0 Å². The molecular weight excluding hydrogens is 480 g/mol. The molecular formula is C27H21BrN2O3. The zero-order valence-corrected chi connectivity index (χ0v) is 19.3. The number of halogens is 1. The van der Waals surface area contributed by atoms with Gasteiger partial charge in [-0.05, 0) is 42.2 Å². The Hall–Kier alpha value is -3.25. The molecule has 0 aromatic heterocycles. The molecule has 3 heterocycles. The van der Waals surface area contributed by atoms with E-state index in [-0.39, 0.29) is 23.6 Å². The summed E-state index contributed by atoms with van der Waals surface area (Å²) in [5.41, 5.74) is 3.20. The van der Waals surface area contributed by atoms with E-state index in [0.717, 1.165) is 28.5 Å². The number of hydrogen-bond donors (Lipinski definition) is 0. The Morgan fingerprint density at radius 3 is 2.30 bits per heavy atom. The molecule has 5 nitrogen and oxygen atoms in total. The summed E-state index contributed by atoms with van der Waals surface area (Å²) < 4.78 is 1.10. The topological polar surface area (TPSA) is 57.7 Å². The van der Waals surface area contributed by atoms with Gasteiger partial charge in [0.1, 0.15) is 6.04 Å². The van der Waals surface area contributed by atoms with E-state index in [0.29, 0.717) is 11.3 Å². The van der Waals surface area contributed by atoms with Crippen LogP contribution in [0.5, 0.6) is 0 Å². The van der Waals surface area contributed by atoms with Gasteiger partial charge < -0.3 is 4.90 Å². The average Bonchev–Trinajstić information content (AvgIpc) is 3.32. The van der Waals surface area contributed by atoms with Crippen molar-refractivity contribution in [1.82, 2.24) is 4.90 Å². The minimum atomic E-state index is -0.735. The molecule has 33 heavy (non-hydrogen) atoms. The van der Waals surface area contributed by atoms with Gasteiger partial charge >= 0.3 is 0 Å². The smallest absolute Gasteiger partial charge is 0.240 e. The first-order valence-corrected chi connectivity index (χ1v) is 11.9. The van der Waals surface area contributed by atoms with Crippen LogP contribution in [0.2, 0.25) is 0 Å². The van der Waals surface area contributed by atoms with Gasteiger partial charge in [-0.15, -0.1) is 0 Å². The van der Waals surface area contributed by atoms with Crippen LogP contribution in [0.1, 0.15) is 23.2 Å². The van der Waals surface area contributed by atoms with Gasteiger partial charge in [0, 0.05) is 16.2 Å². The molecule has 2 amide bonds. The maximum Gasteiger partial charge on any atom is 0.240 e. The maximum absolute atomic E-state index is 13.8. The molecule has 2 saturated heterocycles. The summed E-state index contributed by atoms with van der Waals surface area (Å²) >= 11 is 3.70. The highest BCUT2D eigenvalue weighted by molar-refractivity contribution is 9.11. The Morgan fingerprint density at radius 2 is 1.58 bits per heavy atom. The number of hydrogen-bond acceptors (Lipinski definition) is 4. The Balaban J connectivity index is 1.51. The Kier molecular flexibility index (Phi) is 4.73. The molecule has 6 rings (SSSR count). The number of fused-ring (bicyclic) bond motifs is 5. The first-order chi connectivity index (χ1) is 16.1. The minimum Gasteiger partial charge on any atom is -0.358 e. The lowest BCUT2D eigenvalue weighted by atomic mass is 9.80. The second-order valence-electron chi connectivity index (χ2n) is 8.80. The van der Waals surface area contributed by atoms with Crippen LogP contribution in [0.15, 0.2) is 94.6 Å². The van der Waals surface area contributed by atoms with Crippen molar-refractivity contribution in [2.24, 2.45) is 11.8 Å². The quantitative estimate of drug-likeness (QED) is 0.455. The van der Waals surface area contributed by atoms with Crippen LogP contribution in [0.25, 0.3) is 0 Å². The van der Waals surface area contributed by atoms with Crippen molar-refractivity contribution in [3.8, 4) is 0 Å². The van der Waals surface area contributed by atoms with E-state index in [1.807, 2.05) is 53.6 Å². The molecule has 2 aromatic rings. The normalized spacial score (nSPS) is 28.0. The SMILES string of the molecule is O=C(c1ccccc1)C1[C@@H]2C(=O)N(c3ccccc3)C(=O)[C@@H]2C2C3=CCCC(Br)=C3C=CN21. The third-order valence-electron chi connectivity index (χ3n) is 7.13. The lowest BCUT2D eigenvalue weighted by Crippen LogP contribution is -2.47. The van der Waals surface area contributed by atoms with Crippen molar-refractivity contribution in [2.45, 2.75) is 24.9 Å². The zero-order chi connectivity index (χ0) is 22.7. The standard InChI is InChI=1S/C27H21BrN2O3/c28-20-13-7-12-19-18(20)14-15-29-23(19)21-22(24(29)25(31)16-8-3-1-4-9-16)27(33)30(26(21)32)17-10-5-2-6-11-17/h1-6,8-12,14-15,21-24H,7,13H2/t21-,22+,23?,24?/m0/s1. The first kappa shape index (κ1) is 20.4. The third-order valence-corrected chi connectivity index (χ3v) is 7.95. The highest BCUT2D eigenvalue weighted by atomic mass is 79.9. The van der Waals surface area contributed by atoms with Crippen molar-refractivity contribution in [3.05, 3.63) is 100 Å². The highest BCUT2D eigenvalue weighted by Crippen LogP contribution is 2.51. The monoisotopic (exact) mass is 500 g/mol. The molecule has 0 spiro atoms. The van der Waals surface area contributed by atoms with Gasteiger partial charge in [0.25, 0.3) is 0 Å². The van der Waals surface area contributed by atoms with E-state index in [1.54, 1.807) is 24.3 Å². The molecule has 2 fully saturated rings. The number of allylic oxidation sites excluding steroid dienone is 3. The van der Waals surface area contributed by atoms with Crippen LogP contribution in [0, 0.1) is 11.8 Å². The fourth-order valence-electron chi connectivity index (χ4n) is 5.75. The highest BCUT2D eigenvalue weighted by Gasteiger charge is 2.65. The molecule has 0 saturated carbocycles. The van der Waals surface area contributed by atoms with Crippen LogP contribution in [-0.4, -0.2) is 34.6 Å². The van der Waals surface area contributed by atoms with Crippen LogP contribution < -0.4 is 4.90 Å². The lowest BCUT2D eigenvalue weighted by Gasteiger charge is -2.38. The average molecular weight is 501 g/mol. The molecule has 1 aliphatic carbocycles. The van der Waals surface area contributed by atoms with Crippen LogP contribution >= 0.6 is 15.9 Å². The van der Waals surface area contributed by atoms with E-state index < -0.39 is 17.9 Å². The second kappa shape index (κ2) is 7.66. The number of ketones is 1. The number of anilines is 1. The predicted molar refractivity (Wildman–Crippen MR) is 129 cm³/mol. The first-order valence-electron chi connectivity index (χ1n) is 11.1. The van der Waals surface area contributed by atoms with Gasteiger partial charge in [0.2, 0.25) is 11.8 Å². The van der Waals surface area contributed by atoms with Crippen molar-refractivity contribution < 1.29 is 14.4 Å². The van der Waals surface area contributed by atoms with Crippen molar-refractivity contribution >= 4 is 39.2 Å². The molecule has 2 unspecified atom stereocenters. The Morgan fingerprint density at radius 1 is 0.909 bits per heavy atom. The molecule has 164 valence electrons. The van der Waals surface area contributed by atoms with Gasteiger partial charge in [-0.25, -0.2) is 4.90 Å². The molecule has 3 aliphatic heterocycles. The summed E-state index contributed by atoms with van der Waals surface area (Å²) in [7, 11) is 0. The van der Waals surface area contributed by atoms with Crippen LogP contribution in [-0.2, 0) is 9.59 Å². The van der Waals surface area contributed by atoms with E-state index in [2.05, 4.69) is 22.0 Å². The number of benzene rings is 2. The number of imide groups is 1. The number of carbonyl (C=O) groups excluding carboxylic acids is 3. The largest absolute Gasteiger partial charge is 0.358 e. The summed E-state index contributed by atoms with van der Waals surface area (Å²) in [5, 5.41) is 0. The van der Waals surface area contributed by atoms with Crippen LogP contribution in [0.3, 0.4) is 0 Å². The molecule has 6 heteroatoms. The van der Waals surface area contributed by atoms with E-state index in [4.69, 9.17) is 0 Å². The second-order valence-corrected chi connectivity index (χ2v) is 9.76. The van der Waals surface area contributed by atoms with Gasteiger partial charge in [-0.3, -0.25) is 14.4 Å².